The summed E-state index contributed by atoms with van der Waals surface area (Å²) in [6, 6.07) is 4.13. The number of rotatable bonds is 21. The van der Waals surface area contributed by atoms with Gasteiger partial charge in [0.2, 0.25) is 17.6 Å². The lowest BCUT2D eigenvalue weighted by Crippen LogP contribution is -2.57. The molecule has 8 atom stereocenters. The van der Waals surface area contributed by atoms with Crippen LogP contribution in [0.25, 0.3) is 0 Å². The van der Waals surface area contributed by atoms with Crippen LogP contribution in [0, 0.1) is 5.92 Å². The van der Waals surface area contributed by atoms with Crippen LogP contribution in [-0.2, 0) is 68.2 Å². The molecule has 4 saturated heterocycles. The number of morpholine rings is 1. The lowest BCUT2D eigenvalue weighted by Gasteiger charge is -2.43. The minimum atomic E-state index is -2.43. The minimum absolute atomic E-state index is 0.0420. The van der Waals surface area contributed by atoms with E-state index in [9.17, 15) is 44.1 Å². The van der Waals surface area contributed by atoms with Gasteiger partial charge in [0.15, 0.2) is 30.2 Å². The van der Waals surface area contributed by atoms with Gasteiger partial charge in [0.25, 0.3) is 5.91 Å². The van der Waals surface area contributed by atoms with Crippen LogP contribution in [-0.4, -0.2) is 201 Å². The van der Waals surface area contributed by atoms with E-state index in [1.807, 2.05) is 0 Å². The van der Waals surface area contributed by atoms with Gasteiger partial charge in [-0.15, -0.1) is 0 Å². The molecule has 4 fully saturated rings. The maximum Gasteiger partial charge on any atom is 0.306 e. The first-order valence-corrected chi connectivity index (χ1v) is 24.5. The normalized spacial score (nSPS) is 26.8. The quantitative estimate of drug-likeness (QED) is 0.0480. The number of aliphatic hydroxyl groups is 1. The van der Waals surface area contributed by atoms with Crippen molar-refractivity contribution in [1.29, 1.82) is 0 Å². The number of carboxylic acids is 1. The summed E-state index contributed by atoms with van der Waals surface area (Å²) >= 11 is 0. The number of hydrazine groups is 1. The first kappa shape index (κ1) is 53.9. The highest BCUT2D eigenvalue weighted by atomic mass is 16.7. The van der Waals surface area contributed by atoms with E-state index in [4.69, 9.17) is 52.5 Å². The van der Waals surface area contributed by atoms with Gasteiger partial charge in [-0.1, -0.05) is 12.1 Å². The number of carboxylic acid groups (broad SMARTS) is 1. The summed E-state index contributed by atoms with van der Waals surface area (Å²) in [7, 11) is 2.85. The fraction of sp³-hybridized carbons (Fsp3) is 0.633. The molecule has 3 amide bonds. The topological polar surface area (TPSA) is 306 Å². The average molecular weight is 1030 g/mol. The summed E-state index contributed by atoms with van der Waals surface area (Å²) in [5, 5.41) is 45.3. The highest BCUT2D eigenvalue weighted by Crippen LogP contribution is 2.53. The van der Waals surface area contributed by atoms with Crippen molar-refractivity contribution in [3.8, 4) is 17.2 Å². The van der Waals surface area contributed by atoms with Crippen LogP contribution in [0.2, 0.25) is 0 Å². The number of ether oxygens (including phenoxy) is 10. The number of piperidine rings is 1. The summed E-state index contributed by atoms with van der Waals surface area (Å²) in [4.78, 5) is 82.2. The molecule has 24 nitrogen and oxygen atoms in total. The van der Waals surface area contributed by atoms with E-state index in [1.165, 1.54) is 32.4 Å². The Bertz CT molecular complexity index is 2380. The summed E-state index contributed by atoms with van der Waals surface area (Å²) < 4.78 is 57.8. The SMILES string of the molecule is COc1cccc2c1C(=O)c1c(O)c3c(c(O)c1C2=O)C[C@@](O)(C(=O)NNC(=O)CCOCCOCCOCCOCCC(=O)N1CCC(C(=O)O)CC1)C[C@@H]3O[C@H]1C[C@H]2[C@H](O[C@@H]3[C@@H](OC)OCCN32)[C@H](C)O1. The Hall–Kier alpha value is -5.38. The van der Waals surface area contributed by atoms with Crippen LogP contribution in [0.3, 0.4) is 0 Å². The average Bonchev–Trinajstić information content (AvgIpc) is 3.77. The van der Waals surface area contributed by atoms with Crippen molar-refractivity contribution < 1.29 is 96.6 Å². The number of ketones is 2. The highest BCUT2D eigenvalue weighted by molar-refractivity contribution is 6.31. The number of carbonyl (C=O) groups excluding carboxylic acids is 5. The van der Waals surface area contributed by atoms with E-state index >= 15 is 0 Å². The first-order chi connectivity index (χ1) is 35.1. The predicted octanol–water partition coefficient (Wildman–Crippen LogP) is 0.467. The number of hydrogen-bond acceptors (Lipinski definition) is 20. The Balaban J connectivity index is 0.822. The zero-order chi connectivity index (χ0) is 52.0. The van der Waals surface area contributed by atoms with Gasteiger partial charge in [0.1, 0.15) is 23.4 Å². The largest absolute Gasteiger partial charge is 0.507 e. The van der Waals surface area contributed by atoms with Crippen LogP contribution in [0.4, 0.5) is 0 Å². The van der Waals surface area contributed by atoms with Crippen molar-refractivity contribution in [1.82, 2.24) is 20.7 Å². The zero-order valence-corrected chi connectivity index (χ0v) is 41.0. The van der Waals surface area contributed by atoms with E-state index in [-0.39, 0.29) is 105 Å². The maximum atomic E-state index is 14.2. The highest BCUT2D eigenvalue weighted by Gasteiger charge is 2.55. The van der Waals surface area contributed by atoms with E-state index in [0.717, 1.165) is 0 Å². The number of fused-ring (bicyclic) bond motifs is 6. The second-order valence-corrected chi connectivity index (χ2v) is 18.6. The van der Waals surface area contributed by atoms with E-state index < -0.39 is 113 Å². The third-order valence-corrected chi connectivity index (χ3v) is 14.2. The van der Waals surface area contributed by atoms with Crippen molar-refractivity contribution in [2.24, 2.45) is 5.92 Å². The second kappa shape index (κ2) is 23.9. The Kier molecular flexibility index (Phi) is 17.6. The van der Waals surface area contributed by atoms with Gasteiger partial charge >= 0.3 is 5.97 Å². The number of nitrogens with one attached hydrogen (secondary N) is 2. The number of hydrogen-bond donors (Lipinski definition) is 6. The van der Waals surface area contributed by atoms with Gasteiger partial charge in [-0.25, -0.2) is 0 Å². The number of benzene rings is 2. The predicted molar refractivity (Wildman–Crippen MR) is 247 cm³/mol. The van der Waals surface area contributed by atoms with Crippen molar-refractivity contribution in [2.75, 3.05) is 93.3 Å². The molecule has 4 aliphatic heterocycles. The van der Waals surface area contributed by atoms with Gasteiger partial charge in [0.05, 0.1) is 114 Å². The number of aromatic hydroxyl groups is 2. The lowest BCUT2D eigenvalue weighted by atomic mass is 9.72. The van der Waals surface area contributed by atoms with Crippen LogP contribution < -0.4 is 15.6 Å². The van der Waals surface area contributed by atoms with Crippen molar-refractivity contribution >= 4 is 35.3 Å². The molecule has 6 N–H and O–H groups in total. The molecule has 4 heterocycles. The third-order valence-electron chi connectivity index (χ3n) is 14.2. The molecule has 0 bridgehead atoms. The Labute approximate surface area is 420 Å². The molecule has 0 unspecified atom stereocenters. The summed E-state index contributed by atoms with van der Waals surface area (Å²) in [5.74, 6) is -5.99. The number of carbonyl (C=O) groups is 6. The molecule has 2 aliphatic carbocycles. The monoisotopic (exact) mass is 1030 g/mol. The van der Waals surface area contributed by atoms with E-state index in [1.54, 1.807) is 11.8 Å². The van der Waals surface area contributed by atoms with Crippen molar-refractivity contribution in [2.45, 2.75) is 101 Å². The maximum absolute atomic E-state index is 14.2. The molecule has 0 radical (unpaired) electrons. The summed E-state index contributed by atoms with van der Waals surface area (Å²) in [6.45, 7) is 5.25. The Morgan fingerprint density at radius 2 is 1.48 bits per heavy atom. The fourth-order valence-corrected chi connectivity index (χ4v) is 10.4. The van der Waals surface area contributed by atoms with Crippen LogP contribution in [0.1, 0.15) is 94.5 Å². The Morgan fingerprint density at radius 1 is 0.822 bits per heavy atom. The van der Waals surface area contributed by atoms with Gasteiger partial charge in [-0.05, 0) is 25.8 Å². The van der Waals surface area contributed by atoms with Crippen LogP contribution in [0.15, 0.2) is 18.2 Å². The summed E-state index contributed by atoms with van der Waals surface area (Å²) in [6.07, 6.45) is -4.64. The minimum Gasteiger partial charge on any atom is -0.507 e. The number of amides is 3. The number of aliphatic carboxylic acids is 1. The van der Waals surface area contributed by atoms with E-state index in [2.05, 4.69) is 15.8 Å². The van der Waals surface area contributed by atoms with Gasteiger partial charge in [0, 0.05) is 68.7 Å². The molecule has 8 rings (SSSR count). The van der Waals surface area contributed by atoms with E-state index in [0.29, 0.717) is 45.7 Å². The van der Waals surface area contributed by atoms with Crippen molar-refractivity contribution in [3.63, 3.8) is 0 Å². The molecule has 73 heavy (non-hydrogen) atoms. The second-order valence-electron chi connectivity index (χ2n) is 18.6. The number of likely N-dealkylation sites (tertiary alicyclic amines) is 1. The standard InChI is InChI=1S/C49H64N4O20/c1-26-44-30(53-13-16-70-47(65-3)45(53)73-44)23-35(71-26)72-32-25-49(63,24-29-37(32)43(59)39-38(41(29)57)40(56)28-5-4-6-31(64-2)36(28)42(39)58)48(62)51-50-33(54)9-14-66-17-19-68-21-22-69-20-18-67-15-10-34(55)52-11-7-27(8-12-52)46(60)61/h4-6,26-27,30,32,35,44-45,47,57,59,63H,7-25H2,1-3H3,(H,50,54)(H,51,62)(H,60,61)/t26-,30-,32-,35-,44+,45+,47-,49-/m0/s1. The lowest BCUT2D eigenvalue weighted by molar-refractivity contribution is -0.256. The molecule has 2 aromatic carbocycles. The number of phenolic OH excluding ortho intramolecular Hbond substituents is 2. The molecular formula is C49H64N4O20. The number of phenols is 2. The van der Waals surface area contributed by atoms with Gasteiger partial charge < -0.3 is 72.7 Å². The molecule has 400 valence electrons. The molecule has 0 spiro atoms. The molecule has 2 aromatic rings. The Morgan fingerprint density at radius 3 is 2.14 bits per heavy atom. The first-order valence-electron chi connectivity index (χ1n) is 24.5. The van der Waals surface area contributed by atoms with Crippen molar-refractivity contribution in [3.05, 3.63) is 51.6 Å². The van der Waals surface area contributed by atoms with Crippen LogP contribution in [0.5, 0.6) is 17.2 Å². The summed E-state index contributed by atoms with van der Waals surface area (Å²) in [5.41, 5.74) is 0.532. The third kappa shape index (κ3) is 11.6. The zero-order valence-electron chi connectivity index (χ0n) is 41.0. The van der Waals surface area contributed by atoms with Gasteiger partial charge in [-0.3, -0.25) is 44.5 Å². The number of nitrogens with zero attached hydrogens (tertiary/aromatic N) is 2. The molecule has 0 saturated carbocycles. The van der Waals surface area contributed by atoms with Gasteiger partial charge in [-0.2, -0.15) is 0 Å². The fourth-order valence-electron chi connectivity index (χ4n) is 10.4. The number of methoxy groups -OCH3 is 2. The molecule has 0 aromatic heterocycles. The molecule has 6 aliphatic rings. The smallest absolute Gasteiger partial charge is 0.306 e. The molecular weight excluding hydrogens is 965 g/mol. The van der Waals surface area contributed by atoms with Crippen LogP contribution >= 0.6 is 0 Å². The molecule has 24 heteroatoms.